The SMILES string of the molecule is CC.CC(=O)c1ccc(C(C)=O)cc1.CC(=O)c1ccc(C(C)=O)cc1. The topological polar surface area (TPSA) is 68.3 Å². The first-order valence-corrected chi connectivity index (χ1v) is 8.46. The summed E-state index contributed by atoms with van der Waals surface area (Å²) in [5.74, 6) is 0.0745. The van der Waals surface area contributed by atoms with Crippen molar-refractivity contribution < 1.29 is 19.2 Å². The Kier molecular flexibility index (Phi) is 10.3. The van der Waals surface area contributed by atoms with E-state index >= 15 is 0 Å². The molecular formula is C22H26O4. The maximum atomic E-state index is 10.8. The Balaban J connectivity index is 0.000000439. The maximum absolute atomic E-state index is 10.8. The molecule has 0 aliphatic rings. The first-order chi connectivity index (χ1) is 12.2. The Bertz CT molecular complexity index is 620. The van der Waals surface area contributed by atoms with Gasteiger partial charge >= 0.3 is 0 Å². The van der Waals surface area contributed by atoms with Crippen molar-refractivity contribution in [2.45, 2.75) is 41.5 Å². The van der Waals surface area contributed by atoms with Crippen LogP contribution in [0.4, 0.5) is 0 Å². The van der Waals surface area contributed by atoms with Gasteiger partial charge in [-0.3, -0.25) is 19.2 Å². The van der Waals surface area contributed by atoms with Crippen LogP contribution in [0, 0.1) is 0 Å². The predicted molar refractivity (Wildman–Crippen MR) is 104 cm³/mol. The fourth-order valence-corrected chi connectivity index (χ4v) is 1.88. The number of hydrogen-bond acceptors (Lipinski definition) is 4. The first kappa shape index (κ1) is 23.1. The van der Waals surface area contributed by atoms with Crippen molar-refractivity contribution in [3.63, 3.8) is 0 Å². The number of hydrogen-bond donors (Lipinski definition) is 0. The van der Waals surface area contributed by atoms with Crippen LogP contribution < -0.4 is 0 Å². The minimum Gasteiger partial charge on any atom is -0.295 e. The zero-order valence-corrected chi connectivity index (χ0v) is 16.3. The van der Waals surface area contributed by atoms with Crippen molar-refractivity contribution in [2.24, 2.45) is 0 Å². The lowest BCUT2D eigenvalue weighted by molar-refractivity contribution is 0.100. The average molecular weight is 354 g/mol. The highest BCUT2D eigenvalue weighted by molar-refractivity contribution is 5.98. The Labute approximate surface area is 155 Å². The summed E-state index contributed by atoms with van der Waals surface area (Å²) in [5, 5.41) is 0. The molecule has 0 aromatic heterocycles. The highest BCUT2D eigenvalue weighted by Crippen LogP contribution is 2.06. The molecule has 0 bridgehead atoms. The smallest absolute Gasteiger partial charge is 0.159 e. The van der Waals surface area contributed by atoms with Gasteiger partial charge in [0.25, 0.3) is 0 Å². The highest BCUT2D eigenvalue weighted by Gasteiger charge is 2.01. The molecule has 0 aliphatic heterocycles. The number of Topliss-reactive ketones (excluding diaryl/α,β-unsaturated/α-hetero) is 4. The molecule has 0 N–H and O–H groups in total. The molecule has 0 saturated carbocycles. The minimum atomic E-state index is 0.0186. The molecule has 0 aliphatic carbocycles. The van der Waals surface area contributed by atoms with E-state index in [0.717, 1.165) is 0 Å². The van der Waals surface area contributed by atoms with Crippen molar-refractivity contribution in [1.29, 1.82) is 0 Å². The summed E-state index contributed by atoms with van der Waals surface area (Å²) in [6, 6.07) is 13.3. The lowest BCUT2D eigenvalue weighted by Gasteiger charge is -1.96. The molecule has 0 radical (unpaired) electrons. The van der Waals surface area contributed by atoms with Gasteiger partial charge in [-0.15, -0.1) is 0 Å². The molecule has 4 heteroatoms. The van der Waals surface area contributed by atoms with Gasteiger partial charge < -0.3 is 0 Å². The highest BCUT2D eigenvalue weighted by atomic mass is 16.1. The van der Waals surface area contributed by atoms with Gasteiger partial charge in [0.2, 0.25) is 0 Å². The van der Waals surface area contributed by atoms with E-state index < -0.39 is 0 Å². The fourth-order valence-electron chi connectivity index (χ4n) is 1.88. The summed E-state index contributed by atoms with van der Waals surface area (Å²) in [4.78, 5) is 43.4. The van der Waals surface area contributed by atoms with Gasteiger partial charge in [0.15, 0.2) is 23.1 Å². The van der Waals surface area contributed by atoms with Gasteiger partial charge in [-0.05, 0) is 27.7 Å². The van der Waals surface area contributed by atoms with Gasteiger partial charge in [-0.2, -0.15) is 0 Å². The lowest BCUT2D eigenvalue weighted by Crippen LogP contribution is -1.95. The van der Waals surface area contributed by atoms with Crippen molar-refractivity contribution in [2.75, 3.05) is 0 Å². The van der Waals surface area contributed by atoms with Gasteiger partial charge in [0.05, 0.1) is 0 Å². The molecule has 0 spiro atoms. The summed E-state index contributed by atoms with van der Waals surface area (Å²) in [6.07, 6.45) is 0. The summed E-state index contributed by atoms with van der Waals surface area (Å²) in [7, 11) is 0. The molecule has 26 heavy (non-hydrogen) atoms. The second-order valence-corrected chi connectivity index (χ2v) is 5.38. The predicted octanol–water partition coefficient (Wildman–Crippen LogP) is 5.21. The Morgan fingerprint density at radius 1 is 0.423 bits per heavy atom. The second-order valence-electron chi connectivity index (χ2n) is 5.38. The van der Waals surface area contributed by atoms with Crippen molar-refractivity contribution in [1.82, 2.24) is 0 Å². The molecule has 4 nitrogen and oxygen atoms in total. The number of benzene rings is 2. The normalized spacial score (nSPS) is 9.00. The molecule has 2 aromatic rings. The molecule has 2 rings (SSSR count). The third-order valence-corrected chi connectivity index (χ3v) is 3.40. The Hall–Kier alpha value is -2.88. The maximum Gasteiger partial charge on any atom is 0.159 e. The summed E-state index contributed by atoms with van der Waals surface area (Å²) >= 11 is 0. The number of carbonyl (C=O) groups is 4. The van der Waals surface area contributed by atoms with Crippen LogP contribution in [0.15, 0.2) is 48.5 Å². The monoisotopic (exact) mass is 354 g/mol. The Morgan fingerprint density at radius 2 is 0.538 bits per heavy atom. The quantitative estimate of drug-likeness (QED) is 0.707. The minimum absolute atomic E-state index is 0.0186. The summed E-state index contributed by atoms with van der Waals surface area (Å²) in [6.45, 7) is 10.0. The summed E-state index contributed by atoms with van der Waals surface area (Å²) in [5.41, 5.74) is 2.56. The van der Waals surface area contributed by atoms with Crippen LogP contribution in [-0.4, -0.2) is 23.1 Å². The lowest BCUT2D eigenvalue weighted by atomic mass is 10.1. The van der Waals surface area contributed by atoms with Crippen LogP contribution in [0.25, 0.3) is 0 Å². The number of ketones is 4. The fraction of sp³-hybridized carbons (Fsp3) is 0.273. The van der Waals surface area contributed by atoms with Crippen molar-refractivity contribution >= 4 is 23.1 Å². The van der Waals surface area contributed by atoms with Gasteiger partial charge in [-0.25, -0.2) is 0 Å². The van der Waals surface area contributed by atoms with E-state index in [1.807, 2.05) is 13.8 Å². The van der Waals surface area contributed by atoms with Crippen LogP contribution >= 0.6 is 0 Å². The third-order valence-electron chi connectivity index (χ3n) is 3.40. The summed E-state index contributed by atoms with van der Waals surface area (Å²) < 4.78 is 0. The van der Waals surface area contributed by atoms with Crippen LogP contribution in [0.5, 0.6) is 0 Å². The number of carbonyl (C=O) groups excluding carboxylic acids is 4. The van der Waals surface area contributed by atoms with E-state index in [0.29, 0.717) is 22.3 Å². The molecule has 0 fully saturated rings. The molecule has 138 valence electrons. The van der Waals surface area contributed by atoms with E-state index in [4.69, 9.17) is 0 Å². The van der Waals surface area contributed by atoms with Gasteiger partial charge in [0, 0.05) is 22.3 Å². The zero-order valence-electron chi connectivity index (χ0n) is 16.3. The van der Waals surface area contributed by atoms with E-state index in [1.54, 1.807) is 48.5 Å². The molecule has 2 aromatic carbocycles. The van der Waals surface area contributed by atoms with E-state index in [9.17, 15) is 19.2 Å². The molecule has 0 atom stereocenters. The van der Waals surface area contributed by atoms with E-state index in [2.05, 4.69) is 0 Å². The van der Waals surface area contributed by atoms with Crippen LogP contribution in [0.1, 0.15) is 83.0 Å². The van der Waals surface area contributed by atoms with Crippen LogP contribution in [0.2, 0.25) is 0 Å². The number of rotatable bonds is 4. The largest absolute Gasteiger partial charge is 0.295 e. The molecule has 0 unspecified atom stereocenters. The molecule has 0 heterocycles. The van der Waals surface area contributed by atoms with Crippen LogP contribution in [-0.2, 0) is 0 Å². The van der Waals surface area contributed by atoms with Crippen molar-refractivity contribution in [3.05, 3.63) is 70.8 Å². The van der Waals surface area contributed by atoms with Crippen LogP contribution in [0.3, 0.4) is 0 Å². The first-order valence-electron chi connectivity index (χ1n) is 8.46. The second kappa shape index (κ2) is 11.6. The van der Waals surface area contributed by atoms with Gasteiger partial charge in [0.1, 0.15) is 0 Å². The van der Waals surface area contributed by atoms with E-state index in [1.165, 1.54) is 27.7 Å². The van der Waals surface area contributed by atoms with Crippen molar-refractivity contribution in [3.8, 4) is 0 Å². The Morgan fingerprint density at radius 3 is 0.615 bits per heavy atom. The van der Waals surface area contributed by atoms with E-state index in [-0.39, 0.29) is 23.1 Å². The zero-order chi connectivity index (χ0) is 20.3. The molecular weight excluding hydrogens is 328 g/mol. The molecule has 0 amide bonds. The molecule has 0 saturated heterocycles. The average Bonchev–Trinajstić information content (AvgIpc) is 2.64. The standard InChI is InChI=1S/2C10H10O2.C2H6/c2*1-7(11)9-3-5-10(6-4-9)8(2)12;1-2/h2*3-6H,1-2H3;1-2H3. The third kappa shape index (κ3) is 7.79. The van der Waals surface area contributed by atoms with Gasteiger partial charge in [-0.1, -0.05) is 62.4 Å².